The van der Waals surface area contributed by atoms with Crippen LogP contribution in [0, 0.1) is 10.8 Å². The fourth-order valence-corrected chi connectivity index (χ4v) is 8.31. The SMILES string of the molecule is CNC(=O)[C@@H]1C[C@@H](O)CN1C(=O)C([n+]1cc(C2CC2)n(CNC(=O)[C@@H]2C[C@@H](O)CN2C(=O)[C@@H](n2ccnn2)C(C)(C)C)n1)C1(C)CCCCC1. The van der Waals surface area contributed by atoms with Gasteiger partial charge < -0.3 is 30.6 Å². The summed E-state index contributed by atoms with van der Waals surface area (Å²) in [4.78, 5) is 58.1. The van der Waals surface area contributed by atoms with Gasteiger partial charge in [-0.15, -0.1) is 14.5 Å². The van der Waals surface area contributed by atoms with E-state index in [4.69, 9.17) is 5.21 Å². The van der Waals surface area contributed by atoms with Crippen molar-refractivity contribution in [3.8, 4) is 0 Å². The van der Waals surface area contributed by atoms with Gasteiger partial charge in [-0.2, -0.15) is 0 Å². The molecule has 6 rings (SSSR count). The summed E-state index contributed by atoms with van der Waals surface area (Å²) in [5.41, 5.74) is -0.0823. The summed E-state index contributed by atoms with van der Waals surface area (Å²) in [6, 6.07) is -3.10. The number of hydrogen-bond donors (Lipinski definition) is 4. The maximum Gasteiger partial charge on any atom is 0.271 e. The Balaban J connectivity index is 1.25. The van der Waals surface area contributed by atoms with Crippen molar-refractivity contribution in [2.75, 3.05) is 20.1 Å². The van der Waals surface area contributed by atoms with Gasteiger partial charge in [0, 0.05) is 50.5 Å². The largest absolute Gasteiger partial charge is 0.391 e. The van der Waals surface area contributed by atoms with Crippen LogP contribution in [-0.2, 0) is 25.8 Å². The third-order valence-corrected chi connectivity index (χ3v) is 11.1. The van der Waals surface area contributed by atoms with E-state index in [2.05, 4.69) is 27.9 Å². The van der Waals surface area contributed by atoms with Gasteiger partial charge in [0.25, 0.3) is 5.91 Å². The van der Waals surface area contributed by atoms with Crippen molar-refractivity contribution < 1.29 is 34.1 Å². The van der Waals surface area contributed by atoms with E-state index < -0.39 is 53.1 Å². The van der Waals surface area contributed by atoms with Crippen LogP contribution < -0.4 is 15.3 Å². The Morgan fingerprint density at radius 1 is 0.980 bits per heavy atom. The summed E-state index contributed by atoms with van der Waals surface area (Å²) in [5.74, 6) is -1.05. The summed E-state index contributed by atoms with van der Waals surface area (Å²) in [7, 11) is 1.53. The molecule has 2 aromatic rings. The molecule has 4 fully saturated rings. The van der Waals surface area contributed by atoms with Gasteiger partial charge in [0.15, 0.2) is 18.6 Å². The highest BCUT2D eigenvalue weighted by molar-refractivity contribution is 5.90. The molecule has 4 amide bonds. The van der Waals surface area contributed by atoms with Crippen LogP contribution in [0.25, 0.3) is 0 Å². The minimum absolute atomic E-state index is 0.0129. The standard InChI is InChI=1S/C34H52N10O6/c1-33(2,3)27(42-14-13-37-38-42)31(49)41-18-23(46)16-25(41)30(48)36-20-44-26(21-9-10-21)19-43(39-44)28(34(4)11-7-6-8-12-34)32(50)40-17-22(45)15-24(40)29(47)35-5/h13-14,19,21-25,27-28,45-46H,6-12,15-18,20H2,1-5H3,(H-,35,36,47,48)/p+1/t22-,23-,24+,25+,27-,28?/m1/s1. The van der Waals surface area contributed by atoms with E-state index in [1.54, 1.807) is 15.6 Å². The minimum Gasteiger partial charge on any atom is -0.391 e. The molecular weight excluding hydrogens is 644 g/mol. The first-order chi connectivity index (χ1) is 23.7. The number of aliphatic hydroxyl groups excluding tert-OH is 2. The fraction of sp³-hybridized carbons (Fsp3) is 0.765. The highest BCUT2D eigenvalue weighted by Gasteiger charge is 2.52. The lowest BCUT2D eigenvalue weighted by atomic mass is 9.70. The van der Waals surface area contributed by atoms with Crippen molar-refractivity contribution >= 4 is 23.6 Å². The van der Waals surface area contributed by atoms with Crippen molar-refractivity contribution in [2.45, 2.75) is 134 Å². The minimum atomic E-state index is -0.892. The highest BCUT2D eigenvalue weighted by atomic mass is 16.3. The Morgan fingerprint density at radius 2 is 1.60 bits per heavy atom. The Labute approximate surface area is 292 Å². The summed E-state index contributed by atoms with van der Waals surface area (Å²) < 4.78 is 4.94. The first-order valence-corrected chi connectivity index (χ1v) is 18.0. The molecule has 2 saturated carbocycles. The first-order valence-electron chi connectivity index (χ1n) is 18.0. The lowest BCUT2D eigenvalue weighted by Crippen LogP contribution is -2.60. The molecule has 2 saturated heterocycles. The number of likely N-dealkylation sites (tertiary alicyclic amines) is 2. The monoisotopic (exact) mass is 697 g/mol. The molecule has 2 aliphatic carbocycles. The second-order valence-corrected chi connectivity index (χ2v) is 16.1. The van der Waals surface area contributed by atoms with Crippen molar-refractivity contribution in [3.63, 3.8) is 0 Å². The third-order valence-electron chi connectivity index (χ3n) is 11.1. The molecule has 16 nitrogen and oxygen atoms in total. The van der Waals surface area contributed by atoms with Gasteiger partial charge in [0.05, 0.1) is 23.6 Å². The number of nitrogens with one attached hydrogen (secondary N) is 2. The average molecular weight is 698 g/mol. The molecule has 50 heavy (non-hydrogen) atoms. The molecule has 0 spiro atoms. The third kappa shape index (κ3) is 7.13. The quantitative estimate of drug-likeness (QED) is 0.251. The molecule has 2 aliphatic heterocycles. The molecule has 0 radical (unpaired) electrons. The van der Waals surface area contributed by atoms with Crippen LogP contribution in [0.1, 0.15) is 109 Å². The van der Waals surface area contributed by atoms with Crippen molar-refractivity contribution in [1.29, 1.82) is 0 Å². The molecule has 4 aliphatic rings. The average Bonchev–Trinajstić information content (AvgIpc) is 3.40. The maximum atomic E-state index is 14.5. The number of likely N-dealkylation sites (N-methyl/N-ethyl adjacent to an activating group) is 1. The fourth-order valence-electron chi connectivity index (χ4n) is 8.31. The molecule has 4 heterocycles. The van der Waals surface area contributed by atoms with Crippen LogP contribution >= 0.6 is 0 Å². The van der Waals surface area contributed by atoms with Crippen molar-refractivity contribution in [3.05, 3.63) is 24.3 Å². The number of hydrogen-bond acceptors (Lipinski definition) is 9. The van der Waals surface area contributed by atoms with Gasteiger partial charge in [0.2, 0.25) is 23.8 Å². The van der Waals surface area contributed by atoms with Crippen molar-refractivity contribution in [1.82, 2.24) is 45.3 Å². The Hall–Kier alpha value is -3.92. The van der Waals surface area contributed by atoms with E-state index >= 15 is 0 Å². The Bertz CT molecular complexity index is 1560. The topological polar surface area (TPSA) is 192 Å². The first kappa shape index (κ1) is 35.9. The van der Waals surface area contributed by atoms with E-state index in [-0.39, 0.29) is 56.2 Å². The van der Waals surface area contributed by atoms with Crippen LogP contribution in [0.15, 0.2) is 18.6 Å². The molecule has 4 N–H and O–H groups in total. The number of rotatable bonds is 10. The second kappa shape index (κ2) is 14.0. The van der Waals surface area contributed by atoms with Crippen LogP contribution in [0.3, 0.4) is 0 Å². The van der Waals surface area contributed by atoms with Gasteiger partial charge in [-0.25, -0.2) is 4.68 Å². The molecule has 16 heteroatoms. The van der Waals surface area contributed by atoms with Gasteiger partial charge in [-0.05, 0) is 31.1 Å². The zero-order valence-corrected chi connectivity index (χ0v) is 29.9. The normalized spacial score (nSPS) is 26.5. The molecule has 1 unspecified atom stereocenters. The summed E-state index contributed by atoms with van der Waals surface area (Å²) in [5, 5.41) is 39.6. The lowest BCUT2D eigenvalue weighted by Gasteiger charge is -2.39. The zero-order chi connectivity index (χ0) is 36.0. The molecule has 6 atom stereocenters. The van der Waals surface area contributed by atoms with E-state index in [9.17, 15) is 29.4 Å². The van der Waals surface area contributed by atoms with E-state index in [1.165, 1.54) is 27.7 Å². The number of β-amino-alcohol motifs (C(OH)–C–C–N with tert-alkyl or cyclic N) is 2. The molecule has 2 aromatic heterocycles. The van der Waals surface area contributed by atoms with Gasteiger partial charge >= 0.3 is 0 Å². The van der Waals surface area contributed by atoms with Crippen LogP contribution in [0.4, 0.5) is 0 Å². The molecule has 0 bridgehead atoms. The number of carbonyl (C=O) groups excluding carboxylic acids is 4. The van der Waals surface area contributed by atoms with Crippen LogP contribution in [0.5, 0.6) is 0 Å². The van der Waals surface area contributed by atoms with Gasteiger partial charge in [-0.3, -0.25) is 19.2 Å². The van der Waals surface area contributed by atoms with E-state index in [1.807, 2.05) is 27.0 Å². The van der Waals surface area contributed by atoms with Crippen molar-refractivity contribution in [2.24, 2.45) is 10.8 Å². The highest BCUT2D eigenvalue weighted by Crippen LogP contribution is 2.45. The maximum absolute atomic E-state index is 14.5. The van der Waals surface area contributed by atoms with Crippen LogP contribution in [-0.4, -0.2) is 113 Å². The summed E-state index contributed by atoms with van der Waals surface area (Å²) in [6.07, 6.45) is 10.3. The second-order valence-electron chi connectivity index (χ2n) is 16.1. The smallest absolute Gasteiger partial charge is 0.271 e. The zero-order valence-electron chi connectivity index (χ0n) is 29.9. The van der Waals surface area contributed by atoms with Gasteiger partial charge in [0.1, 0.15) is 18.1 Å². The number of carbonyl (C=O) groups is 4. The number of amides is 4. The van der Waals surface area contributed by atoms with E-state index in [0.717, 1.165) is 50.6 Å². The summed E-state index contributed by atoms with van der Waals surface area (Å²) >= 11 is 0. The number of nitrogens with zero attached hydrogens (tertiary/aromatic N) is 8. The Morgan fingerprint density at radius 3 is 2.16 bits per heavy atom. The number of aromatic nitrogens is 6. The molecule has 0 aromatic carbocycles. The predicted octanol–water partition coefficient (Wildman–Crippen LogP) is 0.182. The molecular formula is C34H53N10O6+. The predicted molar refractivity (Wildman–Crippen MR) is 178 cm³/mol. The number of aliphatic hydroxyl groups is 2. The van der Waals surface area contributed by atoms with E-state index in [0.29, 0.717) is 0 Å². The van der Waals surface area contributed by atoms with Gasteiger partial charge in [-0.1, -0.05) is 52.2 Å². The summed E-state index contributed by atoms with van der Waals surface area (Å²) in [6.45, 7) is 7.98. The Kier molecular flexibility index (Phi) is 10.1. The van der Waals surface area contributed by atoms with Crippen LogP contribution in [0.2, 0.25) is 0 Å². The lowest BCUT2D eigenvalue weighted by molar-refractivity contribution is -0.778. The molecule has 274 valence electrons.